The maximum Gasteiger partial charge on any atom is 0.163 e. The molecule has 188 valence electrons. The predicted molar refractivity (Wildman–Crippen MR) is 129 cm³/mol. The summed E-state index contributed by atoms with van der Waals surface area (Å²) >= 11 is 0. The molecular weight excluding hydrogens is 468 g/mol. The summed E-state index contributed by atoms with van der Waals surface area (Å²) in [5, 5.41) is 48.4. The minimum Gasteiger partial charge on any atom is -0.504 e. The Balaban J connectivity index is 1.43. The van der Waals surface area contributed by atoms with Gasteiger partial charge >= 0.3 is 0 Å². The van der Waals surface area contributed by atoms with Crippen LogP contribution in [0.1, 0.15) is 28.9 Å². The van der Waals surface area contributed by atoms with Gasteiger partial charge in [-0.1, -0.05) is 30.4 Å². The average Bonchev–Trinajstić information content (AvgIpc) is 2.91. The van der Waals surface area contributed by atoms with Crippen LogP contribution < -0.4 is 18.9 Å². The van der Waals surface area contributed by atoms with Gasteiger partial charge in [-0.05, 0) is 42.0 Å². The number of aliphatic hydroxyl groups excluding tert-OH is 3. The van der Waals surface area contributed by atoms with E-state index >= 15 is 0 Å². The minimum atomic E-state index is -0.768. The number of phenolic OH excluding ortho intramolecular Hbond substituents is 2. The maximum atomic E-state index is 9.97. The normalized spacial score (nSPS) is 22.5. The van der Waals surface area contributed by atoms with Crippen LogP contribution in [0, 0.1) is 0 Å². The first-order valence-corrected chi connectivity index (χ1v) is 11.5. The van der Waals surface area contributed by atoms with Crippen LogP contribution in [-0.2, 0) is 0 Å². The van der Waals surface area contributed by atoms with Crippen LogP contribution in [0.4, 0.5) is 0 Å². The molecule has 2 heterocycles. The molecule has 0 aromatic heterocycles. The van der Waals surface area contributed by atoms with Gasteiger partial charge in [0.2, 0.25) is 0 Å². The smallest absolute Gasteiger partial charge is 0.163 e. The monoisotopic (exact) mass is 494 g/mol. The van der Waals surface area contributed by atoms with Crippen molar-refractivity contribution in [3.05, 3.63) is 77.4 Å². The summed E-state index contributed by atoms with van der Waals surface area (Å²) < 4.78 is 24.3. The summed E-state index contributed by atoms with van der Waals surface area (Å²) in [7, 11) is 0. The highest BCUT2D eigenvalue weighted by atomic mass is 16.6. The van der Waals surface area contributed by atoms with Crippen LogP contribution in [0.15, 0.2) is 60.7 Å². The molecule has 36 heavy (non-hydrogen) atoms. The van der Waals surface area contributed by atoms with E-state index < -0.39 is 24.4 Å². The SMILES string of the molecule is OCC=Cc1ccc2c(c1)O[C@@H](c1ccc3c(c1)O[C@H](CO)[C@@H](c1ccc(O)c(O)c1)O3)[C@H](CO)O2. The summed E-state index contributed by atoms with van der Waals surface area (Å²) in [5.74, 6) is 1.26. The maximum absolute atomic E-state index is 9.97. The first kappa shape index (κ1) is 23.8. The molecule has 0 amide bonds. The van der Waals surface area contributed by atoms with Crippen LogP contribution in [0.3, 0.4) is 0 Å². The van der Waals surface area contributed by atoms with Gasteiger partial charge in [-0.25, -0.2) is 0 Å². The van der Waals surface area contributed by atoms with Crippen molar-refractivity contribution in [2.75, 3.05) is 19.8 Å². The largest absolute Gasteiger partial charge is 0.504 e. The number of ether oxygens (including phenoxy) is 4. The molecule has 2 aliphatic heterocycles. The van der Waals surface area contributed by atoms with Crippen LogP contribution in [0.5, 0.6) is 34.5 Å². The number of aliphatic hydroxyl groups is 3. The van der Waals surface area contributed by atoms with Gasteiger partial charge in [0.25, 0.3) is 0 Å². The van der Waals surface area contributed by atoms with E-state index in [4.69, 9.17) is 24.1 Å². The van der Waals surface area contributed by atoms with E-state index in [-0.39, 0.29) is 31.3 Å². The fourth-order valence-corrected chi connectivity index (χ4v) is 4.32. The number of hydrogen-bond acceptors (Lipinski definition) is 9. The van der Waals surface area contributed by atoms with Crippen molar-refractivity contribution in [1.29, 1.82) is 0 Å². The third-order valence-electron chi connectivity index (χ3n) is 6.11. The van der Waals surface area contributed by atoms with E-state index in [0.717, 1.165) is 5.56 Å². The molecule has 5 N–H and O–H groups in total. The number of phenols is 2. The van der Waals surface area contributed by atoms with Crippen molar-refractivity contribution < 1.29 is 44.5 Å². The lowest BCUT2D eigenvalue weighted by molar-refractivity contribution is -0.0174. The average molecular weight is 494 g/mol. The first-order chi connectivity index (χ1) is 17.5. The molecule has 9 heteroatoms. The van der Waals surface area contributed by atoms with Gasteiger partial charge in [-0.3, -0.25) is 0 Å². The molecule has 0 saturated heterocycles. The second kappa shape index (κ2) is 9.98. The van der Waals surface area contributed by atoms with Crippen molar-refractivity contribution in [2.24, 2.45) is 0 Å². The van der Waals surface area contributed by atoms with Crippen LogP contribution in [0.2, 0.25) is 0 Å². The predicted octanol–water partition coefficient (Wildman–Crippen LogP) is 2.85. The zero-order valence-electron chi connectivity index (χ0n) is 19.2. The Morgan fingerprint density at radius 3 is 1.89 bits per heavy atom. The van der Waals surface area contributed by atoms with Gasteiger partial charge < -0.3 is 44.5 Å². The van der Waals surface area contributed by atoms with E-state index in [1.807, 2.05) is 6.07 Å². The van der Waals surface area contributed by atoms with E-state index in [0.29, 0.717) is 34.1 Å². The van der Waals surface area contributed by atoms with Crippen molar-refractivity contribution in [3.8, 4) is 34.5 Å². The molecule has 0 fully saturated rings. The zero-order valence-corrected chi connectivity index (χ0v) is 19.2. The van der Waals surface area contributed by atoms with Crippen molar-refractivity contribution >= 4 is 6.08 Å². The Hall–Kier alpha value is -3.92. The van der Waals surface area contributed by atoms with Crippen LogP contribution >= 0.6 is 0 Å². The van der Waals surface area contributed by atoms with Gasteiger partial charge in [-0.2, -0.15) is 0 Å². The van der Waals surface area contributed by atoms with Gasteiger partial charge in [0.15, 0.2) is 58.9 Å². The molecule has 3 aromatic carbocycles. The first-order valence-electron chi connectivity index (χ1n) is 11.5. The second-order valence-electron chi connectivity index (χ2n) is 8.50. The lowest BCUT2D eigenvalue weighted by atomic mass is 10.00. The number of fused-ring (bicyclic) bond motifs is 2. The van der Waals surface area contributed by atoms with Crippen molar-refractivity contribution in [2.45, 2.75) is 24.4 Å². The number of benzene rings is 3. The Bertz CT molecular complexity index is 1270. The Morgan fingerprint density at radius 2 is 1.19 bits per heavy atom. The number of aromatic hydroxyl groups is 2. The molecule has 5 rings (SSSR count). The molecule has 0 radical (unpaired) electrons. The third-order valence-corrected chi connectivity index (χ3v) is 6.11. The Labute approximate surface area is 207 Å². The molecule has 0 bridgehead atoms. The van der Waals surface area contributed by atoms with Crippen molar-refractivity contribution in [3.63, 3.8) is 0 Å². The van der Waals surface area contributed by atoms with Gasteiger partial charge in [0.05, 0.1) is 19.8 Å². The molecule has 0 unspecified atom stereocenters. The molecular formula is C27H26O9. The minimum absolute atomic E-state index is 0.0789. The summed E-state index contributed by atoms with van der Waals surface area (Å²) in [6.45, 7) is -0.712. The number of hydrogen-bond donors (Lipinski definition) is 5. The zero-order chi connectivity index (χ0) is 25.2. The summed E-state index contributed by atoms with van der Waals surface area (Å²) in [5.41, 5.74) is 2.04. The van der Waals surface area contributed by atoms with E-state index in [1.54, 1.807) is 48.6 Å². The lowest BCUT2D eigenvalue weighted by Crippen LogP contribution is -2.37. The molecule has 2 aliphatic rings. The van der Waals surface area contributed by atoms with Gasteiger partial charge in [0, 0.05) is 11.1 Å². The highest BCUT2D eigenvalue weighted by molar-refractivity contribution is 5.57. The molecule has 3 aromatic rings. The van der Waals surface area contributed by atoms with Crippen molar-refractivity contribution in [1.82, 2.24) is 0 Å². The van der Waals surface area contributed by atoms with Gasteiger partial charge in [0.1, 0.15) is 0 Å². The fraction of sp³-hybridized carbons (Fsp3) is 0.259. The second-order valence-corrected chi connectivity index (χ2v) is 8.50. The summed E-state index contributed by atoms with van der Waals surface area (Å²) in [4.78, 5) is 0. The Morgan fingerprint density at radius 1 is 0.611 bits per heavy atom. The van der Waals surface area contributed by atoms with Gasteiger partial charge in [-0.15, -0.1) is 0 Å². The number of rotatable bonds is 6. The molecule has 0 saturated carbocycles. The topological polar surface area (TPSA) is 138 Å². The van der Waals surface area contributed by atoms with Crippen LogP contribution in [-0.4, -0.2) is 57.6 Å². The van der Waals surface area contributed by atoms with Crippen LogP contribution in [0.25, 0.3) is 6.08 Å². The molecule has 9 nitrogen and oxygen atoms in total. The quantitative estimate of drug-likeness (QED) is 0.328. The highest BCUT2D eigenvalue weighted by Gasteiger charge is 2.36. The van der Waals surface area contributed by atoms with E-state index in [2.05, 4.69) is 0 Å². The Kier molecular flexibility index (Phi) is 6.60. The third kappa shape index (κ3) is 4.51. The van der Waals surface area contributed by atoms with E-state index in [9.17, 15) is 20.4 Å². The molecule has 0 aliphatic carbocycles. The highest BCUT2D eigenvalue weighted by Crippen LogP contribution is 2.45. The standard InChI is InChI=1S/C27H26O9/c28-9-1-2-15-3-7-20-22(10-15)36-27(24(13-29)33-20)17-5-8-21-23(12-17)34-25(14-30)26(35-21)16-4-6-18(31)19(32)11-16/h1-8,10-12,24-32H,9,13-14H2/t24-,25+,26+,27-/m0/s1. The fourth-order valence-electron chi connectivity index (χ4n) is 4.32. The van der Waals surface area contributed by atoms with E-state index in [1.165, 1.54) is 12.1 Å². The molecule has 0 spiro atoms. The molecule has 4 atom stereocenters. The lowest BCUT2D eigenvalue weighted by Gasteiger charge is -2.36. The summed E-state index contributed by atoms with van der Waals surface area (Å²) in [6, 6.07) is 14.9. The summed E-state index contributed by atoms with van der Waals surface area (Å²) in [6.07, 6.45) is 0.588.